The number of nitrogens with zero attached hydrogens (tertiary/aromatic N) is 1. The molecule has 0 aliphatic heterocycles. The van der Waals surface area contributed by atoms with Gasteiger partial charge in [-0.05, 0) is 30.4 Å². The van der Waals surface area contributed by atoms with E-state index in [1.54, 1.807) is 0 Å². The summed E-state index contributed by atoms with van der Waals surface area (Å²) in [5, 5.41) is 0. The number of hydrogen-bond donors (Lipinski definition) is 0. The van der Waals surface area contributed by atoms with E-state index in [2.05, 4.69) is 4.98 Å². The molecule has 0 spiro atoms. The van der Waals surface area contributed by atoms with Gasteiger partial charge in [-0.1, -0.05) is 0 Å². The van der Waals surface area contributed by atoms with E-state index in [9.17, 15) is 22.0 Å². The standard InChI is InChI=1S/C12H12F5N/c13-11(14)4-1-8(2-5-11)9-7-18-6-3-10(9)12(15,16)17/h3,6-8H,1-2,4-5H2. The van der Waals surface area contributed by atoms with Crippen LogP contribution in [0.4, 0.5) is 22.0 Å². The predicted octanol–water partition coefficient (Wildman–Crippen LogP) is 4.39. The van der Waals surface area contributed by atoms with Crippen LogP contribution in [0.5, 0.6) is 0 Å². The molecule has 18 heavy (non-hydrogen) atoms. The summed E-state index contributed by atoms with van der Waals surface area (Å²) < 4.78 is 64.3. The Morgan fingerprint density at radius 1 is 1.17 bits per heavy atom. The van der Waals surface area contributed by atoms with Crippen LogP contribution in [0.2, 0.25) is 0 Å². The second kappa shape index (κ2) is 4.48. The highest BCUT2D eigenvalue weighted by atomic mass is 19.4. The lowest BCUT2D eigenvalue weighted by Gasteiger charge is -2.29. The molecule has 1 aromatic rings. The fourth-order valence-corrected chi connectivity index (χ4v) is 2.34. The molecule has 0 N–H and O–H groups in total. The molecular weight excluding hydrogens is 253 g/mol. The Hall–Kier alpha value is -1.20. The molecule has 1 saturated carbocycles. The highest BCUT2D eigenvalue weighted by molar-refractivity contribution is 5.30. The molecule has 1 fully saturated rings. The Morgan fingerprint density at radius 3 is 2.33 bits per heavy atom. The third kappa shape index (κ3) is 2.79. The third-order valence-electron chi connectivity index (χ3n) is 3.31. The Kier molecular flexibility index (Phi) is 3.29. The topological polar surface area (TPSA) is 12.9 Å². The van der Waals surface area contributed by atoms with E-state index in [1.165, 1.54) is 0 Å². The van der Waals surface area contributed by atoms with Crippen molar-refractivity contribution >= 4 is 0 Å². The van der Waals surface area contributed by atoms with Crippen molar-refractivity contribution in [3.8, 4) is 0 Å². The van der Waals surface area contributed by atoms with E-state index in [0.29, 0.717) is 0 Å². The largest absolute Gasteiger partial charge is 0.416 e. The minimum Gasteiger partial charge on any atom is -0.264 e. The number of rotatable bonds is 1. The van der Waals surface area contributed by atoms with Gasteiger partial charge in [0.25, 0.3) is 0 Å². The first kappa shape index (κ1) is 13.2. The highest BCUT2D eigenvalue weighted by Gasteiger charge is 2.39. The number of alkyl halides is 5. The highest BCUT2D eigenvalue weighted by Crippen LogP contribution is 2.44. The van der Waals surface area contributed by atoms with Crippen LogP contribution in [0, 0.1) is 0 Å². The smallest absolute Gasteiger partial charge is 0.264 e. The zero-order valence-electron chi connectivity index (χ0n) is 9.47. The van der Waals surface area contributed by atoms with E-state index in [-0.39, 0.29) is 31.2 Å². The Labute approximate surface area is 101 Å². The molecule has 1 aliphatic rings. The SMILES string of the molecule is FC1(F)CCC(c2cnccc2C(F)(F)F)CC1. The van der Waals surface area contributed by atoms with Gasteiger partial charge in [0, 0.05) is 25.2 Å². The molecule has 0 unspecified atom stereocenters. The molecule has 0 aromatic carbocycles. The van der Waals surface area contributed by atoms with Gasteiger partial charge >= 0.3 is 6.18 Å². The molecule has 1 heterocycles. The van der Waals surface area contributed by atoms with Gasteiger partial charge in [0.1, 0.15) is 0 Å². The maximum absolute atomic E-state index is 13.0. The minimum absolute atomic E-state index is 0.0421. The van der Waals surface area contributed by atoms with Gasteiger partial charge in [-0.3, -0.25) is 4.98 Å². The fraction of sp³-hybridized carbons (Fsp3) is 0.583. The molecule has 6 heteroatoms. The molecular formula is C12H12F5N. The lowest BCUT2D eigenvalue weighted by Crippen LogP contribution is -2.25. The van der Waals surface area contributed by atoms with Crippen molar-refractivity contribution in [3.63, 3.8) is 0 Å². The minimum atomic E-state index is -4.46. The second-order valence-corrected chi connectivity index (χ2v) is 4.59. The normalized spacial score (nSPS) is 20.9. The van der Waals surface area contributed by atoms with Crippen LogP contribution >= 0.6 is 0 Å². The summed E-state index contributed by atoms with van der Waals surface area (Å²) in [6.07, 6.45) is -2.81. The van der Waals surface area contributed by atoms with Gasteiger partial charge in [0.2, 0.25) is 5.92 Å². The van der Waals surface area contributed by atoms with Crippen LogP contribution in [0.1, 0.15) is 42.7 Å². The second-order valence-electron chi connectivity index (χ2n) is 4.59. The Morgan fingerprint density at radius 2 is 1.78 bits per heavy atom. The molecule has 0 bridgehead atoms. The van der Waals surface area contributed by atoms with E-state index < -0.39 is 23.6 Å². The summed E-state index contributed by atoms with van der Waals surface area (Å²) in [7, 11) is 0. The summed E-state index contributed by atoms with van der Waals surface area (Å²) in [5.41, 5.74) is -0.715. The quantitative estimate of drug-likeness (QED) is 0.686. The molecule has 1 aromatic heterocycles. The lowest BCUT2D eigenvalue weighted by molar-refractivity contribution is -0.138. The summed E-state index contributed by atoms with van der Waals surface area (Å²) in [4.78, 5) is 3.68. The third-order valence-corrected chi connectivity index (χ3v) is 3.31. The maximum atomic E-state index is 13.0. The van der Waals surface area contributed by atoms with E-state index in [1.807, 2.05) is 0 Å². The van der Waals surface area contributed by atoms with Crippen LogP contribution in [-0.2, 0) is 6.18 Å². The fourth-order valence-electron chi connectivity index (χ4n) is 2.34. The zero-order chi connectivity index (χ0) is 13.4. The summed E-state index contributed by atoms with van der Waals surface area (Å²) in [6.45, 7) is 0. The van der Waals surface area contributed by atoms with Gasteiger partial charge in [-0.25, -0.2) is 8.78 Å². The zero-order valence-corrected chi connectivity index (χ0v) is 9.47. The molecule has 0 radical (unpaired) electrons. The Balaban J connectivity index is 2.25. The monoisotopic (exact) mass is 265 g/mol. The van der Waals surface area contributed by atoms with Crippen LogP contribution in [-0.4, -0.2) is 10.9 Å². The van der Waals surface area contributed by atoms with Crippen molar-refractivity contribution in [2.45, 2.75) is 43.7 Å². The molecule has 2 rings (SSSR count). The summed E-state index contributed by atoms with van der Waals surface area (Å²) in [6, 6.07) is 0.905. The average Bonchev–Trinajstić information content (AvgIpc) is 2.28. The first-order valence-corrected chi connectivity index (χ1v) is 5.68. The predicted molar refractivity (Wildman–Crippen MR) is 55.4 cm³/mol. The summed E-state index contributed by atoms with van der Waals surface area (Å²) in [5.74, 6) is -3.22. The maximum Gasteiger partial charge on any atom is 0.416 e. The van der Waals surface area contributed by atoms with Crippen LogP contribution in [0.25, 0.3) is 0 Å². The van der Waals surface area contributed by atoms with Crippen LogP contribution in [0.15, 0.2) is 18.5 Å². The van der Waals surface area contributed by atoms with E-state index >= 15 is 0 Å². The van der Waals surface area contributed by atoms with Crippen molar-refractivity contribution in [1.29, 1.82) is 0 Å². The first-order valence-electron chi connectivity index (χ1n) is 5.68. The first-order chi connectivity index (χ1) is 8.30. The Bertz CT molecular complexity index is 417. The van der Waals surface area contributed by atoms with Gasteiger partial charge in [0.05, 0.1) is 5.56 Å². The van der Waals surface area contributed by atoms with Gasteiger partial charge in [-0.2, -0.15) is 13.2 Å². The van der Waals surface area contributed by atoms with Gasteiger partial charge in [-0.15, -0.1) is 0 Å². The molecule has 1 aliphatic carbocycles. The van der Waals surface area contributed by atoms with Gasteiger partial charge < -0.3 is 0 Å². The molecule has 0 amide bonds. The number of halogens is 5. The van der Waals surface area contributed by atoms with E-state index in [0.717, 1.165) is 18.5 Å². The van der Waals surface area contributed by atoms with Crippen molar-refractivity contribution in [3.05, 3.63) is 29.6 Å². The molecule has 0 atom stereocenters. The van der Waals surface area contributed by atoms with Crippen molar-refractivity contribution in [2.75, 3.05) is 0 Å². The lowest BCUT2D eigenvalue weighted by atomic mass is 9.81. The number of aromatic nitrogens is 1. The molecule has 100 valence electrons. The van der Waals surface area contributed by atoms with Crippen LogP contribution < -0.4 is 0 Å². The average molecular weight is 265 g/mol. The molecule has 0 saturated heterocycles. The molecule has 1 nitrogen and oxygen atoms in total. The number of pyridine rings is 1. The van der Waals surface area contributed by atoms with Gasteiger partial charge in [0.15, 0.2) is 0 Å². The van der Waals surface area contributed by atoms with Crippen molar-refractivity contribution < 1.29 is 22.0 Å². The van der Waals surface area contributed by atoms with Crippen molar-refractivity contribution in [2.24, 2.45) is 0 Å². The van der Waals surface area contributed by atoms with Crippen LogP contribution in [0.3, 0.4) is 0 Å². The number of hydrogen-bond acceptors (Lipinski definition) is 1. The van der Waals surface area contributed by atoms with E-state index in [4.69, 9.17) is 0 Å². The van der Waals surface area contributed by atoms with Crippen molar-refractivity contribution in [1.82, 2.24) is 4.98 Å². The summed E-state index contributed by atoms with van der Waals surface area (Å²) >= 11 is 0.